The number of nitrogens with zero attached hydrogens (tertiary/aromatic N) is 3. The summed E-state index contributed by atoms with van der Waals surface area (Å²) in [7, 11) is 0. The van der Waals surface area contributed by atoms with E-state index in [0.717, 1.165) is 6.54 Å². The van der Waals surface area contributed by atoms with Crippen LogP contribution in [0.4, 0.5) is 0 Å². The van der Waals surface area contributed by atoms with Crippen LogP contribution in [0.3, 0.4) is 0 Å². The Morgan fingerprint density at radius 1 is 1.17 bits per heavy atom. The lowest BCUT2D eigenvalue weighted by atomic mass is 10.2. The van der Waals surface area contributed by atoms with E-state index in [1.54, 1.807) is 0 Å². The Morgan fingerprint density at radius 3 is 2.83 bits per heavy atom. The van der Waals surface area contributed by atoms with Crippen LogP contribution in [-0.4, -0.2) is 34.3 Å². The second-order valence-electron chi connectivity index (χ2n) is 5.33. The molecule has 1 saturated heterocycles. The summed E-state index contributed by atoms with van der Waals surface area (Å²) in [5.41, 5.74) is 2.58. The quantitative estimate of drug-likeness (QED) is 0.823. The molecule has 0 unspecified atom stereocenters. The topological polar surface area (TPSA) is 21.1 Å². The van der Waals surface area contributed by atoms with E-state index in [1.807, 2.05) is 6.20 Å². The van der Waals surface area contributed by atoms with E-state index in [0.29, 0.717) is 0 Å². The largest absolute Gasteiger partial charge is 0.303 e. The van der Waals surface area contributed by atoms with Gasteiger partial charge in [0.05, 0.1) is 11.7 Å². The highest BCUT2D eigenvalue weighted by molar-refractivity contribution is 5.79. The maximum absolute atomic E-state index is 4.50. The van der Waals surface area contributed by atoms with Gasteiger partial charge >= 0.3 is 0 Å². The van der Waals surface area contributed by atoms with Crippen molar-refractivity contribution in [3.63, 3.8) is 0 Å². The fourth-order valence-corrected chi connectivity index (χ4v) is 2.81. The fraction of sp³-hybridized carbons (Fsp3) is 0.533. The monoisotopic (exact) mass is 243 g/mol. The molecule has 0 aliphatic carbocycles. The first-order valence-corrected chi connectivity index (χ1v) is 6.97. The summed E-state index contributed by atoms with van der Waals surface area (Å²) in [5, 5.41) is 5.75. The van der Waals surface area contributed by atoms with Crippen molar-refractivity contribution in [1.82, 2.24) is 14.7 Å². The number of aryl methyl sites for hydroxylation is 2. The molecule has 0 atom stereocenters. The molecule has 96 valence electrons. The first kappa shape index (κ1) is 11.7. The third-order valence-corrected chi connectivity index (χ3v) is 3.84. The van der Waals surface area contributed by atoms with Crippen LogP contribution in [-0.2, 0) is 6.54 Å². The first-order valence-electron chi connectivity index (χ1n) is 6.97. The molecule has 1 aromatic carbocycles. The molecule has 3 rings (SSSR count). The van der Waals surface area contributed by atoms with Gasteiger partial charge < -0.3 is 4.90 Å². The molecule has 0 spiro atoms. The minimum Gasteiger partial charge on any atom is -0.303 e. The molecule has 0 saturated carbocycles. The van der Waals surface area contributed by atoms with Crippen LogP contribution in [0.2, 0.25) is 0 Å². The second kappa shape index (κ2) is 5.11. The Balaban J connectivity index is 1.65. The Kier molecular flexibility index (Phi) is 3.33. The van der Waals surface area contributed by atoms with Gasteiger partial charge in [-0.2, -0.15) is 5.10 Å². The van der Waals surface area contributed by atoms with E-state index in [1.165, 1.54) is 55.4 Å². The van der Waals surface area contributed by atoms with Crippen LogP contribution in [0.5, 0.6) is 0 Å². The van der Waals surface area contributed by atoms with Gasteiger partial charge in [0.2, 0.25) is 0 Å². The molecule has 0 bridgehead atoms. The van der Waals surface area contributed by atoms with E-state index in [9.17, 15) is 0 Å². The van der Waals surface area contributed by atoms with Gasteiger partial charge in [-0.25, -0.2) is 0 Å². The average Bonchev–Trinajstić information content (AvgIpc) is 2.99. The van der Waals surface area contributed by atoms with Crippen molar-refractivity contribution in [3.8, 4) is 0 Å². The number of hydrogen-bond donors (Lipinski definition) is 0. The summed E-state index contributed by atoms with van der Waals surface area (Å²) in [6.07, 6.45) is 5.93. The molecule has 0 radical (unpaired) electrons. The van der Waals surface area contributed by atoms with Crippen molar-refractivity contribution in [3.05, 3.63) is 30.0 Å². The number of aromatic nitrogens is 2. The van der Waals surface area contributed by atoms with Crippen LogP contribution in [0.1, 0.15) is 24.8 Å². The third kappa shape index (κ3) is 2.41. The van der Waals surface area contributed by atoms with Crippen molar-refractivity contribution < 1.29 is 0 Å². The Labute approximate surface area is 108 Å². The van der Waals surface area contributed by atoms with Crippen LogP contribution in [0.25, 0.3) is 10.9 Å². The lowest BCUT2D eigenvalue weighted by Gasteiger charge is -2.14. The highest BCUT2D eigenvalue weighted by Gasteiger charge is 2.10. The van der Waals surface area contributed by atoms with Crippen molar-refractivity contribution >= 4 is 10.9 Å². The zero-order chi connectivity index (χ0) is 12.4. The molecule has 1 aliphatic heterocycles. The van der Waals surface area contributed by atoms with Crippen molar-refractivity contribution in [2.45, 2.75) is 32.7 Å². The summed E-state index contributed by atoms with van der Waals surface area (Å²) in [4.78, 5) is 2.57. The maximum Gasteiger partial charge on any atom is 0.0685 e. The lowest BCUT2D eigenvalue weighted by Crippen LogP contribution is -2.21. The molecular weight excluding hydrogens is 222 g/mol. The molecule has 2 aromatic rings. The molecule has 3 nitrogen and oxygen atoms in total. The molecule has 1 aromatic heterocycles. The SMILES string of the molecule is Cc1ccc2cnn(CCCN3CCCC3)c2c1. The summed E-state index contributed by atoms with van der Waals surface area (Å²) in [6, 6.07) is 6.55. The summed E-state index contributed by atoms with van der Waals surface area (Å²) < 4.78 is 2.15. The highest BCUT2D eigenvalue weighted by Crippen LogP contribution is 2.16. The maximum atomic E-state index is 4.50. The normalized spacial score (nSPS) is 16.7. The summed E-state index contributed by atoms with van der Waals surface area (Å²) >= 11 is 0. The van der Waals surface area contributed by atoms with Gasteiger partial charge in [0.1, 0.15) is 0 Å². The number of benzene rings is 1. The minimum absolute atomic E-state index is 1.03. The van der Waals surface area contributed by atoms with Gasteiger partial charge in [-0.15, -0.1) is 0 Å². The van der Waals surface area contributed by atoms with Crippen molar-refractivity contribution in [2.75, 3.05) is 19.6 Å². The van der Waals surface area contributed by atoms with Gasteiger partial charge in [-0.05, 0) is 57.5 Å². The van der Waals surface area contributed by atoms with Gasteiger partial charge in [0, 0.05) is 11.9 Å². The smallest absolute Gasteiger partial charge is 0.0685 e. The second-order valence-corrected chi connectivity index (χ2v) is 5.33. The molecule has 3 heteroatoms. The van der Waals surface area contributed by atoms with E-state index in [2.05, 4.69) is 39.8 Å². The lowest BCUT2D eigenvalue weighted by molar-refractivity contribution is 0.323. The van der Waals surface area contributed by atoms with Gasteiger partial charge in [-0.1, -0.05) is 12.1 Å². The summed E-state index contributed by atoms with van der Waals surface area (Å²) in [5.74, 6) is 0. The molecular formula is C15H21N3. The predicted octanol–water partition coefficient (Wildman–Crippen LogP) is 2.83. The van der Waals surface area contributed by atoms with E-state index >= 15 is 0 Å². The highest BCUT2D eigenvalue weighted by atomic mass is 15.3. The molecule has 18 heavy (non-hydrogen) atoms. The zero-order valence-electron chi connectivity index (χ0n) is 11.1. The van der Waals surface area contributed by atoms with Gasteiger partial charge in [-0.3, -0.25) is 4.68 Å². The average molecular weight is 243 g/mol. The Hall–Kier alpha value is -1.35. The zero-order valence-corrected chi connectivity index (χ0v) is 11.1. The molecule has 0 N–H and O–H groups in total. The van der Waals surface area contributed by atoms with Gasteiger partial charge in [0.25, 0.3) is 0 Å². The molecule has 2 heterocycles. The number of hydrogen-bond acceptors (Lipinski definition) is 2. The first-order chi connectivity index (χ1) is 8.83. The third-order valence-electron chi connectivity index (χ3n) is 3.84. The standard InChI is InChI=1S/C15H21N3/c1-13-5-6-14-12-16-18(15(14)11-13)10-4-9-17-7-2-3-8-17/h5-6,11-12H,2-4,7-10H2,1H3. The summed E-state index contributed by atoms with van der Waals surface area (Å²) in [6.45, 7) is 6.97. The van der Waals surface area contributed by atoms with E-state index in [-0.39, 0.29) is 0 Å². The van der Waals surface area contributed by atoms with Crippen LogP contribution < -0.4 is 0 Å². The minimum atomic E-state index is 1.03. The number of rotatable bonds is 4. The Morgan fingerprint density at radius 2 is 2.00 bits per heavy atom. The fourth-order valence-electron chi connectivity index (χ4n) is 2.81. The van der Waals surface area contributed by atoms with Crippen LogP contribution in [0.15, 0.2) is 24.4 Å². The molecule has 0 amide bonds. The van der Waals surface area contributed by atoms with Crippen LogP contribution in [0, 0.1) is 6.92 Å². The van der Waals surface area contributed by atoms with E-state index in [4.69, 9.17) is 0 Å². The van der Waals surface area contributed by atoms with Crippen molar-refractivity contribution in [1.29, 1.82) is 0 Å². The van der Waals surface area contributed by atoms with Crippen LogP contribution >= 0.6 is 0 Å². The van der Waals surface area contributed by atoms with Crippen molar-refractivity contribution in [2.24, 2.45) is 0 Å². The number of likely N-dealkylation sites (tertiary alicyclic amines) is 1. The van der Waals surface area contributed by atoms with E-state index < -0.39 is 0 Å². The predicted molar refractivity (Wildman–Crippen MR) is 74.8 cm³/mol. The molecule has 1 aliphatic rings. The molecule has 1 fully saturated rings. The van der Waals surface area contributed by atoms with Gasteiger partial charge in [0.15, 0.2) is 0 Å². The number of fused-ring (bicyclic) bond motifs is 1. The Bertz CT molecular complexity index is 524.